The van der Waals surface area contributed by atoms with Crippen LogP contribution in [0.4, 0.5) is 0 Å². The number of fused-ring (bicyclic) bond motifs is 1. The fourth-order valence-electron chi connectivity index (χ4n) is 3.24. The van der Waals surface area contributed by atoms with Gasteiger partial charge in [0.05, 0.1) is 6.04 Å². The monoisotopic (exact) mass is 300 g/mol. The highest BCUT2D eigenvalue weighted by Crippen LogP contribution is 2.28. The quantitative estimate of drug-likeness (QED) is 0.890. The van der Waals surface area contributed by atoms with Gasteiger partial charge < -0.3 is 15.0 Å². The minimum Gasteiger partial charge on any atom is -0.508 e. The molecule has 0 aliphatic carbocycles. The largest absolute Gasteiger partial charge is 0.508 e. The van der Waals surface area contributed by atoms with Crippen LogP contribution in [0.15, 0.2) is 24.3 Å². The average Bonchev–Trinajstić information content (AvgIpc) is 2.97. The van der Waals surface area contributed by atoms with Gasteiger partial charge in [-0.05, 0) is 32.3 Å². The van der Waals surface area contributed by atoms with Crippen LogP contribution in [0, 0.1) is 0 Å². The Morgan fingerprint density at radius 3 is 2.86 bits per heavy atom. The first-order valence-electron chi connectivity index (χ1n) is 8.16. The minimum absolute atomic E-state index is 0.101. The molecule has 1 aromatic heterocycles. The summed E-state index contributed by atoms with van der Waals surface area (Å²) in [7, 11) is 0. The van der Waals surface area contributed by atoms with Crippen molar-refractivity contribution in [2.45, 2.75) is 58.2 Å². The lowest BCUT2D eigenvalue weighted by atomic mass is 10.0. The summed E-state index contributed by atoms with van der Waals surface area (Å²) >= 11 is 0. The predicted molar refractivity (Wildman–Crippen MR) is 85.6 cm³/mol. The molecule has 1 aliphatic rings. The molecular weight excluding hydrogens is 276 g/mol. The number of phenols is 1. The van der Waals surface area contributed by atoms with E-state index >= 15 is 0 Å². The van der Waals surface area contributed by atoms with E-state index in [4.69, 9.17) is 0 Å². The lowest BCUT2D eigenvalue weighted by Crippen LogP contribution is -2.27. The first-order valence-corrected chi connectivity index (χ1v) is 8.16. The van der Waals surface area contributed by atoms with E-state index in [1.807, 2.05) is 18.2 Å². The maximum atomic E-state index is 10.1. The second kappa shape index (κ2) is 6.48. The summed E-state index contributed by atoms with van der Waals surface area (Å²) in [5, 5.41) is 22.4. The van der Waals surface area contributed by atoms with Gasteiger partial charge in [0.2, 0.25) is 0 Å². The number of nitrogens with zero attached hydrogens (tertiary/aromatic N) is 3. The van der Waals surface area contributed by atoms with Gasteiger partial charge in [-0.1, -0.05) is 25.1 Å². The number of aromatic nitrogens is 3. The highest BCUT2D eigenvalue weighted by Gasteiger charge is 2.23. The third-order valence-corrected chi connectivity index (χ3v) is 4.45. The van der Waals surface area contributed by atoms with Crippen molar-refractivity contribution < 1.29 is 5.11 Å². The van der Waals surface area contributed by atoms with Gasteiger partial charge in [-0.2, -0.15) is 0 Å². The molecule has 5 nitrogen and oxygen atoms in total. The second-order valence-corrected chi connectivity index (χ2v) is 5.99. The Morgan fingerprint density at radius 1 is 1.27 bits per heavy atom. The molecule has 2 aromatic rings. The number of hydrogen-bond acceptors (Lipinski definition) is 4. The molecule has 1 aromatic carbocycles. The number of aryl methyl sites for hydroxylation is 1. The number of phenolic OH excluding ortho intramolecular Hbond substituents is 1. The van der Waals surface area contributed by atoms with Gasteiger partial charge in [0.25, 0.3) is 0 Å². The first kappa shape index (κ1) is 15.0. The van der Waals surface area contributed by atoms with Crippen LogP contribution in [-0.2, 0) is 13.0 Å². The molecule has 0 saturated heterocycles. The molecule has 2 heterocycles. The summed E-state index contributed by atoms with van der Waals surface area (Å²) in [6.45, 7) is 5.25. The van der Waals surface area contributed by atoms with Crippen LogP contribution >= 0.6 is 0 Å². The molecule has 0 fully saturated rings. The lowest BCUT2D eigenvalue weighted by Gasteiger charge is -2.24. The van der Waals surface area contributed by atoms with Crippen molar-refractivity contribution in [1.29, 1.82) is 0 Å². The van der Waals surface area contributed by atoms with Crippen LogP contribution in [0.3, 0.4) is 0 Å². The van der Waals surface area contributed by atoms with Crippen molar-refractivity contribution in [3.05, 3.63) is 41.5 Å². The van der Waals surface area contributed by atoms with Crippen molar-refractivity contribution in [1.82, 2.24) is 20.1 Å². The maximum Gasteiger partial charge on any atom is 0.149 e. The van der Waals surface area contributed by atoms with Gasteiger partial charge in [0.15, 0.2) is 0 Å². The second-order valence-electron chi connectivity index (χ2n) is 5.99. The lowest BCUT2D eigenvalue weighted by molar-refractivity contribution is 0.398. The number of rotatable bonds is 5. The fourth-order valence-corrected chi connectivity index (χ4v) is 3.24. The molecule has 0 spiro atoms. The van der Waals surface area contributed by atoms with E-state index in [1.165, 1.54) is 12.8 Å². The molecule has 0 amide bonds. The normalized spacial score (nSPS) is 17.0. The molecule has 2 N–H and O–H groups in total. The van der Waals surface area contributed by atoms with Gasteiger partial charge in [-0.3, -0.25) is 0 Å². The molecule has 5 heteroatoms. The van der Waals surface area contributed by atoms with Crippen molar-refractivity contribution in [2.24, 2.45) is 0 Å². The van der Waals surface area contributed by atoms with E-state index in [0.717, 1.165) is 36.6 Å². The maximum absolute atomic E-state index is 10.1. The smallest absolute Gasteiger partial charge is 0.149 e. The summed E-state index contributed by atoms with van der Waals surface area (Å²) in [5.41, 5.74) is 0.940. The predicted octanol–water partition coefficient (Wildman–Crippen LogP) is 3.12. The highest BCUT2D eigenvalue weighted by atomic mass is 16.3. The molecule has 0 radical (unpaired) electrons. The number of aromatic hydroxyl groups is 1. The van der Waals surface area contributed by atoms with Crippen LogP contribution in [0.5, 0.6) is 5.75 Å². The number of hydrogen-bond donors (Lipinski definition) is 2. The molecule has 2 atom stereocenters. The van der Waals surface area contributed by atoms with Crippen LogP contribution in [-0.4, -0.2) is 19.9 Å². The molecule has 0 bridgehead atoms. The zero-order chi connectivity index (χ0) is 15.5. The highest BCUT2D eigenvalue weighted by molar-refractivity contribution is 5.34. The fraction of sp³-hybridized carbons (Fsp3) is 0.529. The van der Waals surface area contributed by atoms with Gasteiger partial charge in [-0.15, -0.1) is 10.2 Å². The number of nitrogens with one attached hydrogen (secondary N) is 1. The van der Waals surface area contributed by atoms with Gasteiger partial charge >= 0.3 is 0 Å². The average molecular weight is 300 g/mol. The Bertz CT molecular complexity index is 637. The Kier molecular flexibility index (Phi) is 4.43. The van der Waals surface area contributed by atoms with E-state index in [0.29, 0.717) is 5.75 Å². The topological polar surface area (TPSA) is 63.0 Å². The summed E-state index contributed by atoms with van der Waals surface area (Å²) in [4.78, 5) is 0. The Balaban J connectivity index is 1.79. The SMILES string of the molecule is CC[C@@H](N[C@@H](C)c1nnc2n1CCCC2)c1ccccc1O. The van der Waals surface area contributed by atoms with E-state index in [9.17, 15) is 5.11 Å². The molecule has 0 unspecified atom stereocenters. The first-order chi connectivity index (χ1) is 10.7. The Labute approximate surface area is 131 Å². The van der Waals surface area contributed by atoms with Crippen LogP contribution in [0.2, 0.25) is 0 Å². The summed E-state index contributed by atoms with van der Waals surface area (Å²) in [5.74, 6) is 2.45. The molecule has 22 heavy (non-hydrogen) atoms. The van der Waals surface area contributed by atoms with Crippen LogP contribution < -0.4 is 5.32 Å². The van der Waals surface area contributed by atoms with Gasteiger partial charge in [0.1, 0.15) is 17.4 Å². The molecular formula is C17H24N4O. The van der Waals surface area contributed by atoms with Crippen molar-refractivity contribution in [2.75, 3.05) is 0 Å². The van der Waals surface area contributed by atoms with Crippen molar-refractivity contribution in [3.8, 4) is 5.75 Å². The van der Waals surface area contributed by atoms with E-state index < -0.39 is 0 Å². The van der Waals surface area contributed by atoms with E-state index in [-0.39, 0.29) is 12.1 Å². The van der Waals surface area contributed by atoms with Gasteiger partial charge in [0, 0.05) is 24.6 Å². The van der Waals surface area contributed by atoms with E-state index in [2.05, 4.69) is 33.9 Å². The zero-order valence-electron chi connectivity index (χ0n) is 13.3. The summed E-state index contributed by atoms with van der Waals surface area (Å²) < 4.78 is 2.25. The van der Waals surface area contributed by atoms with Crippen molar-refractivity contribution in [3.63, 3.8) is 0 Å². The van der Waals surface area contributed by atoms with Crippen LogP contribution in [0.25, 0.3) is 0 Å². The number of benzene rings is 1. The minimum atomic E-state index is 0.101. The molecule has 3 rings (SSSR count). The summed E-state index contributed by atoms with van der Waals surface area (Å²) in [6, 6.07) is 7.73. The van der Waals surface area contributed by atoms with Crippen LogP contribution in [0.1, 0.15) is 62.4 Å². The van der Waals surface area contributed by atoms with E-state index in [1.54, 1.807) is 6.07 Å². The standard InChI is InChI=1S/C17H24N4O/c1-3-14(13-8-4-5-9-15(13)22)18-12(2)17-20-19-16-10-6-7-11-21(16)17/h4-5,8-9,12,14,18,22H,3,6-7,10-11H2,1-2H3/t12-,14+/m0/s1. The summed E-state index contributed by atoms with van der Waals surface area (Å²) in [6.07, 6.45) is 4.33. The Morgan fingerprint density at radius 2 is 2.09 bits per heavy atom. The molecule has 118 valence electrons. The number of para-hydroxylation sites is 1. The van der Waals surface area contributed by atoms with Crippen molar-refractivity contribution >= 4 is 0 Å². The zero-order valence-corrected chi connectivity index (χ0v) is 13.3. The molecule has 1 aliphatic heterocycles. The third kappa shape index (κ3) is 2.86. The molecule has 0 saturated carbocycles. The third-order valence-electron chi connectivity index (χ3n) is 4.45. The van der Waals surface area contributed by atoms with Gasteiger partial charge in [-0.25, -0.2) is 0 Å². The Hall–Kier alpha value is -1.88.